The Kier molecular flexibility index (Phi) is 9.94. The highest BCUT2D eigenvalue weighted by atomic mass is 35.5. The number of sulfonamides is 1. The Morgan fingerprint density at radius 3 is 2.18 bits per heavy atom. The highest BCUT2D eigenvalue weighted by molar-refractivity contribution is 7.92. The van der Waals surface area contributed by atoms with Gasteiger partial charge in [-0.2, -0.15) is 0 Å². The summed E-state index contributed by atoms with van der Waals surface area (Å²) in [6.45, 7) is 6.98. The first-order chi connectivity index (χ1) is 18.0. The predicted molar refractivity (Wildman–Crippen MR) is 152 cm³/mol. The van der Waals surface area contributed by atoms with Crippen LogP contribution in [0.25, 0.3) is 0 Å². The molecule has 2 amide bonds. The summed E-state index contributed by atoms with van der Waals surface area (Å²) in [6.07, 6.45) is 0.514. The Labute approximate surface area is 230 Å². The van der Waals surface area contributed by atoms with Crippen molar-refractivity contribution in [2.45, 2.75) is 51.1 Å². The minimum Gasteiger partial charge on any atom is -0.352 e. The fourth-order valence-electron chi connectivity index (χ4n) is 4.02. The highest BCUT2D eigenvalue weighted by Gasteiger charge is 2.32. The lowest BCUT2D eigenvalue weighted by atomic mass is 10.1. The van der Waals surface area contributed by atoms with E-state index in [0.717, 1.165) is 15.4 Å². The van der Waals surface area contributed by atoms with Gasteiger partial charge in [0.1, 0.15) is 12.6 Å². The van der Waals surface area contributed by atoms with Crippen LogP contribution in [0, 0.1) is 6.92 Å². The van der Waals surface area contributed by atoms with Gasteiger partial charge in [-0.15, -0.1) is 0 Å². The zero-order valence-corrected chi connectivity index (χ0v) is 23.7. The van der Waals surface area contributed by atoms with Gasteiger partial charge in [-0.3, -0.25) is 13.9 Å². The number of anilines is 1. The normalized spacial score (nSPS) is 12.2. The van der Waals surface area contributed by atoms with Crippen LogP contribution in [0.15, 0.2) is 83.8 Å². The van der Waals surface area contributed by atoms with Crippen LogP contribution in [0.2, 0.25) is 5.02 Å². The molecule has 1 N–H and O–H groups in total. The van der Waals surface area contributed by atoms with Gasteiger partial charge in [-0.1, -0.05) is 54.1 Å². The van der Waals surface area contributed by atoms with Crippen molar-refractivity contribution < 1.29 is 18.0 Å². The fourth-order valence-corrected chi connectivity index (χ4v) is 5.55. The van der Waals surface area contributed by atoms with E-state index in [1.165, 1.54) is 29.2 Å². The third-order valence-corrected chi connectivity index (χ3v) is 8.09. The average molecular weight is 556 g/mol. The Balaban J connectivity index is 1.98. The SMILES string of the molecule is Cc1cccc(N(CC(=O)N(CCc2ccccc2)C(C)C(=O)NC(C)C)S(=O)(=O)c2ccc(Cl)cc2)c1. The van der Waals surface area contributed by atoms with Crippen LogP contribution in [0.5, 0.6) is 0 Å². The van der Waals surface area contributed by atoms with E-state index in [1.807, 2.05) is 57.2 Å². The fraction of sp³-hybridized carbons (Fsp3) is 0.310. The summed E-state index contributed by atoms with van der Waals surface area (Å²) in [6, 6.07) is 21.5. The molecule has 0 saturated heterocycles. The second-order valence-electron chi connectivity index (χ2n) is 9.47. The second kappa shape index (κ2) is 12.9. The quantitative estimate of drug-likeness (QED) is 0.367. The molecule has 0 aliphatic rings. The van der Waals surface area contributed by atoms with Gasteiger partial charge in [0.05, 0.1) is 10.6 Å². The Bertz CT molecular complexity index is 1350. The Hall–Kier alpha value is -3.36. The van der Waals surface area contributed by atoms with Crippen molar-refractivity contribution in [1.82, 2.24) is 10.2 Å². The molecule has 1 unspecified atom stereocenters. The number of nitrogens with one attached hydrogen (secondary N) is 1. The van der Waals surface area contributed by atoms with Crippen molar-refractivity contribution in [3.63, 3.8) is 0 Å². The van der Waals surface area contributed by atoms with Gasteiger partial charge in [0.2, 0.25) is 11.8 Å². The standard InChI is InChI=1S/C29H34ClN3O4S/c1-21(2)31-29(35)23(4)32(18-17-24-10-6-5-7-11-24)28(34)20-33(26-12-8-9-22(3)19-26)38(36,37)27-15-13-25(30)14-16-27/h5-16,19,21,23H,17-18,20H2,1-4H3,(H,31,35). The van der Waals surface area contributed by atoms with E-state index in [-0.39, 0.29) is 23.4 Å². The molecule has 7 nitrogen and oxygen atoms in total. The van der Waals surface area contributed by atoms with Crippen molar-refractivity contribution in [2.24, 2.45) is 0 Å². The van der Waals surface area contributed by atoms with Crippen LogP contribution in [-0.4, -0.2) is 50.3 Å². The maximum absolute atomic E-state index is 13.8. The minimum absolute atomic E-state index is 0.0117. The first kappa shape index (κ1) is 29.2. The van der Waals surface area contributed by atoms with Crippen LogP contribution in [-0.2, 0) is 26.0 Å². The largest absolute Gasteiger partial charge is 0.352 e. The van der Waals surface area contributed by atoms with Crippen LogP contribution >= 0.6 is 11.6 Å². The molecule has 0 saturated carbocycles. The zero-order valence-electron chi connectivity index (χ0n) is 22.1. The van der Waals surface area contributed by atoms with Crippen LogP contribution in [0.4, 0.5) is 5.69 Å². The third kappa shape index (κ3) is 7.58. The number of carbonyl (C=O) groups excluding carboxylic acids is 2. The molecule has 0 aromatic heterocycles. The van der Waals surface area contributed by atoms with Gasteiger partial charge in [0.15, 0.2) is 0 Å². The maximum Gasteiger partial charge on any atom is 0.264 e. The van der Waals surface area contributed by atoms with Gasteiger partial charge in [-0.05, 0) is 81.6 Å². The number of amides is 2. The van der Waals surface area contributed by atoms with E-state index >= 15 is 0 Å². The number of aryl methyl sites for hydroxylation is 1. The molecule has 3 rings (SSSR count). The van der Waals surface area contributed by atoms with Crippen molar-refractivity contribution >= 4 is 39.1 Å². The zero-order chi connectivity index (χ0) is 27.9. The van der Waals surface area contributed by atoms with Crippen molar-refractivity contribution in [2.75, 3.05) is 17.4 Å². The molecule has 0 radical (unpaired) electrons. The molecular weight excluding hydrogens is 522 g/mol. The van der Waals surface area contributed by atoms with Gasteiger partial charge in [-0.25, -0.2) is 8.42 Å². The van der Waals surface area contributed by atoms with Gasteiger partial charge in [0, 0.05) is 17.6 Å². The molecule has 0 aliphatic carbocycles. The molecule has 0 aliphatic heterocycles. The molecule has 202 valence electrons. The third-order valence-electron chi connectivity index (χ3n) is 6.05. The Morgan fingerprint density at radius 2 is 1.58 bits per heavy atom. The molecule has 3 aromatic carbocycles. The number of carbonyl (C=O) groups is 2. The van der Waals surface area contributed by atoms with E-state index in [9.17, 15) is 18.0 Å². The summed E-state index contributed by atoms with van der Waals surface area (Å²) in [5, 5.41) is 3.25. The Morgan fingerprint density at radius 1 is 0.921 bits per heavy atom. The molecular formula is C29H34ClN3O4S. The van der Waals surface area contributed by atoms with Crippen LogP contribution in [0.1, 0.15) is 31.9 Å². The number of nitrogens with zero attached hydrogens (tertiary/aromatic N) is 2. The summed E-state index contributed by atoms with van der Waals surface area (Å²) in [5.74, 6) is -0.782. The second-order valence-corrected chi connectivity index (χ2v) is 11.8. The lowest BCUT2D eigenvalue weighted by Gasteiger charge is -2.32. The monoisotopic (exact) mass is 555 g/mol. The van der Waals surface area contributed by atoms with Gasteiger partial charge >= 0.3 is 0 Å². The minimum atomic E-state index is -4.12. The summed E-state index contributed by atoms with van der Waals surface area (Å²) in [7, 11) is -4.12. The van der Waals surface area contributed by atoms with Crippen molar-refractivity contribution in [1.29, 1.82) is 0 Å². The van der Waals surface area contributed by atoms with Crippen LogP contribution in [0.3, 0.4) is 0 Å². The molecule has 0 bridgehead atoms. The summed E-state index contributed by atoms with van der Waals surface area (Å²) in [5.41, 5.74) is 2.21. The van der Waals surface area contributed by atoms with Gasteiger partial charge in [0.25, 0.3) is 10.0 Å². The molecule has 9 heteroatoms. The van der Waals surface area contributed by atoms with E-state index in [4.69, 9.17) is 11.6 Å². The molecule has 1 atom stereocenters. The number of hydrogen-bond donors (Lipinski definition) is 1. The molecule has 3 aromatic rings. The summed E-state index contributed by atoms with van der Waals surface area (Å²) in [4.78, 5) is 28.2. The highest BCUT2D eigenvalue weighted by Crippen LogP contribution is 2.26. The first-order valence-electron chi connectivity index (χ1n) is 12.5. The average Bonchev–Trinajstić information content (AvgIpc) is 2.87. The van der Waals surface area contributed by atoms with E-state index in [2.05, 4.69) is 5.32 Å². The van der Waals surface area contributed by atoms with Crippen molar-refractivity contribution in [3.8, 4) is 0 Å². The van der Waals surface area contributed by atoms with Crippen LogP contribution < -0.4 is 9.62 Å². The smallest absolute Gasteiger partial charge is 0.264 e. The number of rotatable bonds is 11. The summed E-state index contributed by atoms with van der Waals surface area (Å²) < 4.78 is 28.6. The first-order valence-corrected chi connectivity index (χ1v) is 14.3. The topological polar surface area (TPSA) is 86.8 Å². The molecule has 0 spiro atoms. The molecule has 0 heterocycles. The van der Waals surface area contributed by atoms with E-state index in [0.29, 0.717) is 17.1 Å². The van der Waals surface area contributed by atoms with E-state index in [1.54, 1.807) is 25.1 Å². The molecule has 38 heavy (non-hydrogen) atoms. The lowest BCUT2D eigenvalue weighted by Crippen LogP contribution is -2.53. The van der Waals surface area contributed by atoms with E-state index < -0.39 is 28.5 Å². The lowest BCUT2D eigenvalue weighted by molar-refractivity contribution is -0.139. The van der Waals surface area contributed by atoms with Crippen molar-refractivity contribution in [3.05, 3.63) is 95.0 Å². The maximum atomic E-state index is 13.8. The summed E-state index contributed by atoms with van der Waals surface area (Å²) >= 11 is 5.98. The van der Waals surface area contributed by atoms with Gasteiger partial charge < -0.3 is 10.2 Å². The molecule has 0 fully saturated rings. The number of halogens is 1. The predicted octanol–water partition coefficient (Wildman–Crippen LogP) is 4.83. The number of hydrogen-bond acceptors (Lipinski definition) is 4. The number of benzene rings is 3.